The summed E-state index contributed by atoms with van der Waals surface area (Å²) in [5.41, 5.74) is 0. The number of aliphatic carboxylic acids is 1. The van der Waals surface area contributed by atoms with Crippen LogP contribution in [0, 0.1) is 5.92 Å². The second kappa shape index (κ2) is 5.83. The van der Waals surface area contributed by atoms with Crippen LogP contribution in [0.25, 0.3) is 0 Å². The van der Waals surface area contributed by atoms with Gasteiger partial charge in [-0.05, 0) is 38.3 Å². The average molecular weight is 240 g/mol. The minimum Gasteiger partial charge on any atom is -0.480 e. The van der Waals surface area contributed by atoms with Crippen LogP contribution >= 0.6 is 0 Å². The Morgan fingerprint density at radius 2 is 2.18 bits per heavy atom. The first-order valence-corrected chi connectivity index (χ1v) is 6.92. The Bertz CT molecular complexity index is 262. The summed E-state index contributed by atoms with van der Waals surface area (Å²) in [5.74, 6) is 0.0124. The molecular weight excluding hydrogens is 216 g/mol. The lowest BCUT2D eigenvalue weighted by atomic mass is 9.83. The van der Waals surface area contributed by atoms with Gasteiger partial charge in [0.15, 0.2) is 0 Å². The molecule has 0 aliphatic carbocycles. The van der Waals surface area contributed by atoms with Crippen LogP contribution in [0.2, 0.25) is 0 Å². The molecule has 3 saturated heterocycles. The van der Waals surface area contributed by atoms with Crippen LogP contribution in [0.5, 0.6) is 0 Å². The Labute approximate surface area is 103 Å². The van der Waals surface area contributed by atoms with E-state index in [-0.39, 0.29) is 6.04 Å². The Kier molecular flexibility index (Phi) is 4.40. The summed E-state index contributed by atoms with van der Waals surface area (Å²) >= 11 is 0. The van der Waals surface area contributed by atoms with Crippen LogP contribution in [0.1, 0.15) is 39.0 Å². The lowest BCUT2D eigenvalue weighted by Gasteiger charge is -2.45. The third kappa shape index (κ3) is 3.19. The van der Waals surface area contributed by atoms with Gasteiger partial charge in [-0.1, -0.05) is 19.8 Å². The van der Waals surface area contributed by atoms with Crippen LogP contribution in [0.4, 0.5) is 0 Å². The molecule has 0 aromatic carbocycles. The monoisotopic (exact) mass is 240 g/mol. The van der Waals surface area contributed by atoms with Crippen molar-refractivity contribution in [2.45, 2.75) is 51.1 Å². The van der Waals surface area contributed by atoms with Gasteiger partial charge in [0.25, 0.3) is 0 Å². The molecule has 3 aliphatic rings. The number of nitrogens with one attached hydrogen (secondary N) is 1. The predicted molar refractivity (Wildman–Crippen MR) is 67.0 cm³/mol. The van der Waals surface area contributed by atoms with Crippen molar-refractivity contribution in [2.24, 2.45) is 5.92 Å². The van der Waals surface area contributed by atoms with Crippen LogP contribution in [0.15, 0.2) is 0 Å². The summed E-state index contributed by atoms with van der Waals surface area (Å²) < 4.78 is 0. The van der Waals surface area contributed by atoms with Crippen molar-refractivity contribution in [2.75, 3.05) is 19.6 Å². The average Bonchev–Trinajstić information content (AvgIpc) is 2.35. The molecule has 0 radical (unpaired) electrons. The molecule has 2 unspecified atom stereocenters. The molecule has 2 N–H and O–H groups in total. The van der Waals surface area contributed by atoms with Gasteiger partial charge in [-0.3, -0.25) is 4.79 Å². The Morgan fingerprint density at radius 1 is 1.47 bits per heavy atom. The highest BCUT2D eigenvalue weighted by molar-refractivity contribution is 5.73. The molecule has 2 atom stereocenters. The lowest BCUT2D eigenvalue weighted by molar-refractivity contribution is -0.140. The summed E-state index contributed by atoms with van der Waals surface area (Å²) in [6.07, 6.45) is 5.28. The van der Waals surface area contributed by atoms with E-state index in [2.05, 4.69) is 17.1 Å². The number of carboxylic acid groups (broad SMARTS) is 1. The molecule has 3 rings (SSSR count). The normalized spacial score (nSPS) is 33.6. The van der Waals surface area contributed by atoms with Gasteiger partial charge >= 0.3 is 5.97 Å². The number of carboxylic acids is 1. The van der Waals surface area contributed by atoms with Gasteiger partial charge in [0, 0.05) is 12.6 Å². The van der Waals surface area contributed by atoms with Crippen molar-refractivity contribution < 1.29 is 9.90 Å². The zero-order valence-corrected chi connectivity index (χ0v) is 10.7. The smallest absolute Gasteiger partial charge is 0.320 e. The number of carbonyl (C=O) groups is 1. The van der Waals surface area contributed by atoms with Crippen molar-refractivity contribution in [3.63, 3.8) is 0 Å². The highest BCUT2D eigenvalue weighted by Gasteiger charge is 2.35. The van der Waals surface area contributed by atoms with Gasteiger partial charge < -0.3 is 15.3 Å². The number of hydrogen-bond acceptors (Lipinski definition) is 3. The van der Waals surface area contributed by atoms with E-state index in [0.717, 1.165) is 25.8 Å². The van der Waals surface area contributed by atoms with E-state index in [1.807, 2.05) is 0 Å². The topological polar surface area (TPSA) is 52.6 Å². The Balaban J connectivity index is 1.87. The first-order chi connectivity index (χ1) is 8.20. The standard InChI is InChI=1S/C13H24N2O2/c1-2-3-4-11(13(16)17)14-12-9-15-7-5-10(12)6-8-15/h10-12,14H,2-9H2,1H3,(H,16,17). The maximum absolute atomic E-state index is 11.2. The molecule has 0 aromatic rings. The molecule has 3 heterocycles. The summed E-state index contributed by atoms with van der Waals surface area (Å²) in [6, 6.07) is 0.0518. The molecule has 0 saturated carbocycles. The number of unbranched alkanes of at least 4 members (excludes halogenated alkanes) is 1. The maximum atomic E-state index is 11.2. The van der Waals surface area contributed by atoms with Crippen LogP contribution in [-0.4, -0.2) is 47.7 Å². The molecule has 0 amide bonds. The molecule has 98 valence electrons. The highest BCUT2D eigenvalue weighted by atomic mass is 16.4. The van der Waals surface area contributed by atoms with Crippen molar-refractivity contribution >= 4 is 5.97 Å². The van der Waals surface area contributed by atoms with E-state index >= 15 is 0 Å². The van der Waals surface area contributed by atoms with Gasteiger partial charge in [0.1, 0.15) is 6.04 Å². The number of fused-ring (bicyclic) bond motifs is 3. The maximum Gasteiger partial charge on any atom is 0.320 e. The molecule has 2 bridgehead atoms. The van der Waals surface area contributed by atoms with Gasteiger partial charge in [0.2, 0.25) is 0 Å². The third-order valence-corrected chi connectivity index (χ3v) is 4.22. The van der Waals surface area contributed by atoms with Crippen LogP contribution < -0.4 is 5.32 Å². The van der Waals surface area contributed by atoms with Crippen molar-refractivity contribution in [3.8, 4) is 0 Å². The van der Waals surface area contributed by atoms with Crippen LogP contribution in [0.3, 0.4) is 0 Å². The highest BCUT2D eigenvalue weighted by Crippen LogP contribution is 2.28. The van der Waals surface area contributed by atoms with Gasteiger partial charge in [-0.25, -0.2) is 0 Å². The molecular formula is C13H24N2O2. The van der Waals surface area contributed by atoms with Gasteiger partial charge in [0.05, 0.1) is 0 Å². The molecule has 17 heavy (non-hydrogen) atoms. The van der Waals surface area contributed by atoms with E-state index in [1.54, 1.807) is 0 Å². The Hall–Kier alpha value is -0.610. The summed E-state index contributed by atoms with van der Waals surface area (Å²) in [5, 5.41) is 12.6. The zero-order chi connectivity index (χ0) is 12.3. The number of piperidine rings is 3. The second-order valence-electron chi connectivity index (χ2n) is 5.44. The fourth-order valence-corrected chi connectivity index (χ4v) is 3.10. The number of nitrogens with zero attached hydrogens (tertiary/aromatic N) is 1. The fraction of sp³-hybridized carbons (Fsp3) is 0.923. The molecule has 0 aromatic heterocycles. The van der Waals surface area contributed by atoms with E-state index < -0.39 is 5.97 Å². The largest absolute Gasteiger partial charge is 0.480 e. The summed E-state index contributed by atoms with van der Waals surface area (Å²) in [7, 11) is 0. The van der Waals surface area contributed by atoms with Crippen molar-refractivity contribution in [1.82, 2.24) is 10.2 Å². The number of hydrogen-bond donors (Lipinski definition) is 2. The summed E-state index contributed by atoms with van der Waals surface area (Å²) in [4.78, 5) is 13.7. The van der Waals surface area contributed by atoms with E-state index in [4.69, 9.17) is 0 Å². The summed E-state index contributed by atoms with van der Waals surface area (Å²) in [6.45, 7) is 5.55. The van der Waals surface area contributed by atoms with Crippen LogP contribution in [-0.2, 0) is 4.79 Å². The SMILES string of the molecule is CCCCC(NC1CN2CCC1CC2)C(=O)O. The van der Waals surface area contributed by atoms with Gasteiger partial charge in [-0.15, -0.1) is 0 Å². The minimum absolute atomic E-state index is 0.347. The molecule has 3 fully saturated rings. The number of rotatable bonds is 6. The lowest BCUT2D eigenvalue weighted by Crippen LogP contribution is -2.59. The fourth-order valence-electron chi connectivity index (χ4n) is 3.10. The van der Waals surface area contributed by atoms with Crippen molar-refractivity contribution in [1.29, 1.82) is 0 Å². The van der Waals surface area contributed by atoms with Crippen molar-refractivity contribution in [3.05, 3.63) is 0 Å². The van der Waals surface area contributed by atoms with E-state index in [1.165, 1.54) is 25.9 Å². The quantitative estimate of drug-likeness (QED) is 0.735. The third-order valence-electron chi connectivity index (χ3n) is 4.22. The molecule has 4 nitrogen and oxygen atoms in total. The Morgan fingerprint density at radius 3 is 2.65 bits per heavy atom. The first-order valence-electron chi connectivity index (χ1n) is 6.92. The van der Waals surface area contributed by atoms with Gasteiger partial charge in [-0.2, -0.15) is 0 Å². The second-order valence-corrected chi connectivity index (χ2v) is 5.44. The molecule has 0 spiro atoms. The zero-order valence-electron chi connectivity index (χ0n) is 10.7. The predicted octanol–water partition coefficient (Wildman–Crippen LogP) is 1.31. The van der Waals surface area contributed by atoms with E-state index in [9.17, 15) is 9.90 Å². The molecule has 4 heteroatoms. The first kappa shape index (κ1) is 12.8. The van der Waals surface area contributed by atoms with E-state index in [0.29, 0.717) is 12.0 Å². The molecule has 3 aliphatic heterocycles. The minimum atomic E-state index is -0.685.